The Morgan fingerprint density at radius 2 is 2.00 bits per heavy atom. The lowest BCUT2D eigenvalue weighted by atomic mass is 10.1. The minimum atomic E-state index is -0.0804. The molecule has 23 heavy (non-hydrogen) atoms. The van der Waals surface area contributed by atoms with E-state index >= 15 is 0 Å². The number of nitrogens with two attached hydrogens (primary N) is 1. The number of anilines is 1. The molecule has 1 unspecified atom stereocenters. The summed E-state index contributed by atoms with van der Waals surface area (Å²) in [5, 5.41) is 5.06. The number of hydrogen-bond donors (Lipinski definition) is 2. The van der Waals surface area contributed by atoms with Crippen LogP contribution >= 0.6 is 36.2 Å². The Labute approximate surface area is 153 Å². The van der Waals surface area contributed by atoms with Gasteiger partial charge in [-0.05, 0) is 50.2 Å². The highest BCUT2D eigenvalue weighted by molar-refractivity contribution is 7.10. The van der Waals surface area contributed by atoms with Gasteiger partial charge >= 0.3 is 0 Å². The Hall–Kier alpha value is -1.27. The van der Waals surface area contributed by atoms with E-state index in [2.05, 4.69) is 21.7 Å². The van der Waals surface area contributed by atoms with Crippen LogP contribution in [0.3, 0.4) is 0 Å². The quantitative estimate of drug-likeness (QED) is 0.785. The molecule has 1 heterocycles. The van der Waals surface area contributed by atoms with Gasteiger partial charge in [-0.3, -0.25) is 4.79 Å². The zero-order valence-corrected chi connectivity index (χ0v) is 15.9. The summed E-state index contributed by atoms with van der Waals surface area (Å²) in [5.74, 6) is -0.0804. The second-order valence-electron chi connectivity index (χ2n) is 5.28. The van der Waals surface area contributed by atoms with Crippen molar-refractivity contribution in [3.63, 3.8) is 0 Å². The molecule has 4 nitrogen and oxygen atoms in total. The predicted molar refractivity (Wildman–Crippen MR) is 103 cm³/mol. The number of nitrogens with one attached hydrogen (secondary N) is 1. The molecule has 0 aliphatic carbocycles. The van der Waals surface area contributed by atoms with E-state index < -0.39 is 0 Å². The Kier molecular flexibility index (Phi) is 9.24. The maximum atomic E-state index is 12.3. The van der Waals surface area contributed by atoms with E-state index in [0.29, 0.717) is 17.8 Å². The number of nitrogen functional groups attached to an aromatic ring is 1. The van der Waals surface area contributed by atoms with Crippen LogP contribution < -0.4 is 11.1 Å². The van der Waals surface area contributed by atoms with Crippen molar-refractivity contribution in [1.29, 1.82) is 0 Å². The van der Waals surface area contributed by atoms with Gasteiger partial charge in [0.15, 0.2) is 0 Å². The van der Waals surface area contributed by atoms with Gasteiger partial charge in [0.2, 0.25) is 0 Å². The fourth-order valence-corrected chi connectivity index (χ4v) is 3.11. The summed E-state index contributed by atoms with van der Waals surface area (Å²) in [6, 6.07) is 9.69. The van der Waals surface area contributed by atoms with Crippen molar-refractivity contribution in [2.45, 2.75) is 13.0 Å². The van der Waals surface area contributed by atoms with Crippen molar-refractivity contribution < 1.29 is 4.79 Å². The van der Waals surface area contributed by atoms with E-state index in [4.69, 9.17) is 5.73 Å². The number of likely N-dealkylation sites (N-methyl/N-ethyl adjacent to an activating group) is 1. The van der Waals surface area contributed by atoms with E-state index in [1.165, 1.54) is 4.88 Å². The number of rotatable bonds is 5. The highest BCUT2D eigenvalue weighted by Gasteiger charge is 2.17. The van der Waals surface area contributed by atoms with Crippen LogP contribution in [0.15, 0.2) is 35.7 Å². The first kappa shape index (κ1) is 21.7. The fraction of sp³-hybridized carbons (Fsp3) is 0.312. The van der Waals surface area contributed by atoms with Gasteiger partial charge < -0.3 is 16.0 Å². The second-order valence-corrected chi connectivity index (χ2v) is 6.26. The van der Waals surface area contributed by atoms with Crippen molar-refractivity contribution in [1.82, 2.24) is 10.2 Å². The molecular formula is C16H23Cl2N3OS. The first-order valence-corrected chi connectivity index (χ1v) is 7.71. The molecule has 0 bridgehead atoms. The average Bonchev–Trinajstić information content (AvgIpc) is 2.95. The minimum absolute atomic E-state index is 0. The molecule has 2 rings (SSSR count). The Morgan fingerprint density at radius 3 is 2.57 bits per heavy atom. The largest absolute Gasteiger partial charge is 0.399 e. The molecule has 3 N–H and O–H groups in total. The summed E-state index contributed by atoms with van der Waals surface area (Å²) in [6.07, 6.45) is 0. The van der Waals surface area contributed by atoms with Crippen LogP contribution in [-0.2, 0) is 0 Å². The lowest BCUT2D eigenvalue weighted by Gasteiger charge is -2.23. The number of benzene rings is 1. The number of thiophene rings is 1. The molecule has 0 fully saturated rings. The van der Waals surface area contributed by atoms with Crippen LogP contribution in [0, 0.1) is 6.92 Å². The van der Waals surface area contributed by atoms with E-state index in [-0.39, 0.29) is 36.8 Å². The van der Waals surface area contributed by atoms with Gasteiger partial charge in [0.05, 0.1) is 6.04 Å². The zero-order valence-electron chi connectivity index (χ0n) is 13.4. The molecule has 0 aliphatic heterocycles. The number of amides is 1. The molecule has 7 heteroatoms. The van der Waals surface area contributed by atoms with Crippen molar-refractivity contribution in [2.75, 3.05) is 26.4 Å². The maximum absolute atomic E-state index is 12.3. The molecule has 128 valence electrons. The molecule has 1 atom stereocenters. The standard InChI is InChI=1S/C16H21N3OS.2ClH/c1-11-6-7-12(17)9-13(11)16(20)18-10-14(19(2)3)15-5-4-8-21-15;;/h4-9,14H,10,17H2,1-3H3,(H,18,20);2*1H. The molecule has 0 radical (unpaired) electrons. The van der Waals surface area contributed by atoms with Gasteiger partial charge in [0, 0.05) is 22.7 Å². The highest BCUT2D eigenvalue weighted by atomic mass is 35.5. The van der Waals surface area contributed by atoms with E-state index in [9.17, 15) is 4.79 Å². The van der Waals surface area contributed by atoms with Crippen molar-refractivity contribution in [2.24, 2.45) is 0 Å². The van der Waals surface area contributed by atoms with Crippen LogP contribution in [0.5, 0.6) is 0 Å². The predicted octanol–water partition coefficient (Wildman–Crippen LogP) is 3.52. The Bertz CT molecular complexity index is 618. The third kappa shape index (κ3) is 5.70. The van der Waals surface area contributed by atoms with Crippen molar-refractivity contribution in [3.05, 3.63) is 51.7 Å². The normalized spacial score (nSPS) is 11.3. The van der Waals surface area contributed by atoms with Crippen LogP contribution in [0.25, 0.3) is 0 Å². The molecular weight excluding hydrogens is 353 g/mol. The van der Waals surface area contributed by atoms with E-state index in [1.54, 1.807) is 23.5 Å². The van der Waals surface area contributed by atoms with Gasteiger partial charge in [-0.15, -0.1) is 36.2 Å². The molecule has 0 saturated carbocycles. The van der Waals surface area contributed by atoms with E-state index in [1.807, 2.05) is 33.2 Å². The summed E-state index contributed by atoms with van der Waals surface area (Å²) in [4.78, 5) is 15.7. The topological polar surface area (TPSA) is 58.4 Å². The van der Waals surface area contributed by atoms with Crippen molar-refractivity contribution >= 4 is 47.7 Å². The van der Waals surface area contributed by atoms with Crippen molar-refractivity contribution in [3.8, 4) is 0 Å². The molecule has 0 saturated heterocycles. The first-order chi connectivity index (χ1) is 9.99. The minimum Gasteiger partial charge on any atom is -0.399 e. The maximum Gasteiger partial charge on any atom is 0.251 e. The first-order valence-electron chi connectivity index (χ1n) is 6.83. The second kappa shape index (κ2) is 9.78. The molecule has 1 amide bonds. The summed E-state index contributed by atoms with van der Waals surface area (Å²) < 4.78 is 0. The lowest BCUT2D eigenvalue weighted by Crippen LogP contribution is -2.34. The van der Waals surface area contributed by atoms with Crippen LogP contribution in [0.1, 0.15) is 26.8 Å². The Balaban J connectivity index is 0.00000242. The van der Waals surface area contributed by atoms with Gasteiger partial charge in [-0.1, -0.05) is 12.1 Å². The number of carbonyl (C=O) groups excluding carboxylic acids is 1. The van der Waals surface area contributed by atoms with Crippen LogP contribution in [-0.4, -0.2) is 31.4 Å². The number of nitrogens with zero attached hydrogens (tertiary/aromatic N) is 1. The van der Waals surface area contributed by atoms with Crippen LogP contribution in [0.2, 0.25) is 0 Å². The summed E-state index contributed by atoms with van der Waals surface area (Å²) in [6.45, 7) is 2.48. The average molecular weight is 376 g/mol. The van der Waals surface area contributed by atoms with Gasteiger partial charge in [-0.2, -0.15) is 0 Å². The lowest BCUT2D eigenvalue weighted by molar-refractivity contribution is 0.0941. The zero-order chi connectivity index (χ0) is 15.4. The Morgan fingerprint density at radius 1 is 1.30 bits per heavy atom. The SMILES string of the molecule is Cc1ccc(N)cc1C(=O)NCC(c1cccs1)N(C)C.Cl.Cl. The molecule has 0 aliphatic rings. The number of hydrogen-bond acceptors (Lipinski definition) is 4. The summed E-state index contributed by atoms with van der Waals surface area (Å²) in [5.41, 5.74) is 7.93. The highest BCUT2D eigenvalue weighted by Crippen LogP contribution is 2.22. The molecule has 0 spiro atoms. The smallest absolute Gasteiger partial charge is 0.251 e. The fourth-order valence-electron chi connectivity index (χ4n) is 2.19. The van der Waals surface area contributed by atoms with E-state index in [0.717, 1.165) is 5.56 Å². The molecule has 1 aromatic carbocycles. The third-order valence-corrected chi connectivity index (χ3v) is 4.43. The number of halogens is 2. The molecule has 2 aromatic rings. The number of aryl methyl sites for hydroxylation is 1. The van der Waals surface area contributed by atoms with Crippen LogP contribution in [0.4, 0.5) is 5.69 Å². The van der Waals surface area contributed by atoms with Gasteiger partial charge in [0.25, 0.3) is 5.91 Å². The number of carbonyl (C=O) groups is 1. The monoisotopic (exact) mass is 375 g/mol. The van der Waals surface area contributed by atoms with Gasteiger partial charge in [-0.25, -0.2) is 0 Å². The summed E-state index contributed by atoms with van der Waals surface area (Å²) >= 11 is 1.70. The van der Waals surface area contributed by atoms with Gasteiger partial charge in [0.1, 0.15) is 0 Å². The molecule has 1 aromatic heterocycles. The summed E-state index contributed by atoms with van der Waals surface area (Å²) in [7, 11) is 4.03. The third-order valence-electron chi connectivity index (χ3n) is 3.46.